The van der Waals surface area contributed by atoms with Gasteiger partial charge in [0.05, 0.1) is 12.7 Å². The molecule has 1 aromatic carbocycles. The highest BCUT2D eigenvalue weighted by Gasteiger charge is 2.24. The number of hydrogen-bond donors (Lipinski definition) is 3. The molecule has 3 rings (SSSR count). The van der Waals surface area contributed by atoms with Gasteiger partial charge in [0.15, 0.2) is 5.96 Å². The monoisotopic (exact) mass is 369 g/mol. The predicted molar refractivity (Wildman–Crippen MR) is 107 cm³/mol. The fraction of sp³-hybridized carbons (Fsp3) is 0.400. The number of nitrogens with one attached hydrogen (secondary N) is 2. The smallest absolute Gasteiger partial charge is 0.191 e. The van der Waals surface area contributed by atoms with E-state index in [0.717, 1.165) is 35.3 Å². The van der Waals surface area contributed by atoms with Gasteiger partial charge in [-0.1, -0.05) is 18.2 Å². The zero-order valence-electron chi connectivity index (χ0n) is 16.1. The number of hydrogen-bond acceptors (Lipinski definition) is 4. The van der Waals surface area contributed by atoms with E-state index in [1.54, 1.807) is 24.0 Å². The van der Waals surface area contributed by atoms with Crippen molar-refractivity contribution < 1.29 is 9.52 Å². The summed E-state index contributed by atoms with van der Waals surface area (Å²) in [4.78, 5) is 4.52. The molecule has 27 heavy (non-hydrogen) atoms. The summed E-state index contributed by atoms with van der Waals surface area (Å²) in [5, 5.41) is 22.4. The van der Waals surface area contributed by atoms with Crippen molar-refractivity contribution in [3.8, 4) is 0 Å². The first-order valence-electron chi connectivity index (χ1n) is 9.19. The second kappa shape index (κ2) is 8.26. The lowest BCUT2D eigenvalue weighted by atomic mass is 10.0. The predicted octanol–water partition coefficient (Wildman–Crippen LogP) is 2.17. The van der Waals surface area contributed by atoms with Crippen LogP contribution >= 0.6 is 0 Å². The van der Waals surface area contributed by atoms with Crippen LogP contribution < -0.4 is 10.6 Å². The van der Waals surface area contributed by atoms with Crippen molar-refractivity contribution in [3.05, 3.63) is 54.0 Å². The fourth-order valence-corrected chi connectivity index (χ4v) is 2.83. The van der Waals surface area contributed by atoms with E-state index in [2.05, 4.69) is 26.8 Å². The van der Waals surface area contributed by atoms with Crippen LogP contribution in [0.4, 0.5) is 0 Å². The summed E-state index contributed by atoms with van der Waals surface area (Å²) in [7, 11) is 1.83. The number of guanidine groups is 1. The zero-order chi connectivity index (χ0) is 19.3. The van der Waals surface area contributed by atoms with Crippen LogP contribution in [-0.2, 0) is 19.1 Å². The molecule has 7 nitrogen and oxygen atoms in total. The minimum absolute atomic E-state index is 0.235. The van der Waals surface area contributed by atoms with Gasteiger partial charge in [-0.15, -0.1) is 0 Å². The number of benzene rings is 1. The second-order valence-electron chi connectivity index (χ2n) is 6.80. The number of fused-ring (bicyclic) bond motifs is 1. The minimum atomic E-state index is -1.07. The zero-order valence-corrected chi connectivity index (χ0v) is 16.1. The molecular formula is C20H27N5O2. The highest BCUT2D eigenvalue weighted by Crippen LogP contribution is 2.20. The van der Waals surface area contributed by atoms with E-state index in [1.807, 2.05) is 38.2 Å². The molecule has 0 saturated carbocycles. The molecule has 2 aromatic heterocycles. The molecule has 0 amide bonds. The number of furan rings is 1. The van der Waals surface area contributed by atoms with Gasteiger partial charge in [-0.25, -0.2) is 4.99 Å². The van der Waals surface area contributed by atoms with Crippen LogP contribution in [0.2, 0.25) is 0 Å². The quantitative estimate of drug-likeness (QED) is 0.439. The highest BCUT2D eigenvalue weighted by atomic mass is 16.3. The van der Waals surface area contributed by atoms with Gasteiger partial charge in [-0.3, -0.25) is 4.68 Å². The number of aliphatic imine (C=N–C) groups is 1. The van der Waals surface area contributed by atoms with E-state index >= 15 is 0 Å². The number of aliphatic hydroxyl groups is 1. The lowest BCUT2D eigenvalue weighted by Gasteiger charge is -2.20. The van der Waals surface area contributed by atoms with Gasteiger partial charge in [-0.05, 0) is 26.0 Å². The second-order valence-corrected chi connectivity index (χ2v) is 6.80. The molecule has 0 fully saturated rings. The summed E-state index contributed by atoms with van der Waals surface area (Å²) < 4.78 is 7.51. The van der Waals surface area contributed by atoms with Gasteiger partial charge in [0.2, 0.25) is 0 Å². The van der Waals surface area contributed by atoms with Crippen molar-refractivity contribution in [2.24, 2.45) is 12.0 Å². The fourth-order valence-electron chi connectivity index (χ4n) is 2.83. The number of aromatic nitrogens is 2. The van der Waals surface area contributed by atoms with Gasteiger partial charge in [0.25, 0.3) is 0 Å². The Bertz CT molecular complexity index is 877. The molecule has 3 aromatic rings. The van der Waals surface area contributed by atoms with Gasteiger partial charge >= 0.3 is 0 Å². The summed E-state index contributed by atoms with van der Waals surface area (Å²) >= 11 is 0. The molecule has 0 spiro atoms. The number of nitrogens with zero attached hydrogens (tertiary/aromatic N) is 3. The SMILES string of the molecule is CCNC(=NCC(C)(O)c1cnn(C)c1)NCCc1cc2ccccc2o1. The van der Waals surface area contributed by atoms with Crippen LogP contribution in [-0.4, -0.2) is 40.5 Å². The molecule has 0 aliphatic carbocycles. The first-order valence-corrected chi connectivity index (χ1v) is 9.19. The Hall–Kier alpha value is -2.80. The van der Waals surface area contributed by atoms with Crippen molar-refractivity contribution in [1.82, 2.24) is 20.4 Å². The van der Waals surface area contributed by atoms with Crippen LogP contribution in [0.1, 0.15) is 25.2 Å². The maximum atomic E-state index is 10.7. The number of rotatable bonds is 7. The molecule has 1 unspecified atom stereocenters. The first kappa shape index (κ1) is 19.0. The van der Waals surface area contributed by atoms with Crippen molar-refractivity contribution in [2.45, 2.75) is 25.9 Å². The lowest BCUT2D eigenvalue weighted by molar-refractivity contribution is 0.0672. The van der Waals surface area contributed by atoms with Crippen LogP contribution in [0.25, 0.3) is 11.0 Å². The molecule has 3 N–H and O–H groups in total. The maximum Gasteiger partial charge on any atom is 0.191 e. The first-order chi connectivity index (χ1) is 13.0. The highest BCUT2D eigenvalue weighted by molar-refractivity contribution is 5.80. The Morgan fingerprint density at radius 3 is 2.85 bits per heavy atom. The van der Waals surface area contributed by atoms with Crippen molar-refractivity contribution >= 4 is 16.9 Å². The summed E-state index contributed by atoms with van der Waals surface area (Å²) in [6.07, 6.45) is 4.22. The third kappa shape index (κ3) is 4.89. The number of aryl methyl sites for hydroxylation is 1. The average molecular weight is 369 g/mol. The third-order valence-electron chi connectivity index (χ3n) is 4.36. The van der Waals surface area contributed by atoms with Gasteiger partial charge in [0, 0.05) is 43.7 Å². The molecule has 0 radical (unpaired) electrons. The van der Waals surface area contributed by atoms with E-state index in [9.17, 15) is 5.11 Å². The van der Waals surface area contributed by atoms with Gasteiger partial charge < -0.3 is 20.2 Å². The molecule has 0 aliphatic heterocycles. The topological polar surface area (TPSA) is 87.6 Å². The molecule has 2 heterocycles. The molecule has 144 valence electrons. The van der Waals surface area contributed by atoms with E-state index in [0.29, 0.717) is 12.5 Å². The van der Waals surface area contributed by atoms with Gasteiger partial charge in [0.1, 0.15) is 16.9 Å². The molecule has 1 atom stereocenters. The van der Waals surface area contributed by atoms with E-state index in [-0.39, 0.29) is 6.54 Å². The van der Waals surface area contributed by atoms with Crippen LogP contribution in [0, 0.1) is 0 Å². The Morgan fingerprint density at radius 1 is 1.33 bits per heavy atom. The summed E-state index contributed by atoms with van der Waals surface area (Å²) in [5.74, 6) is 1.60. The normalized spacial score (nSPS) is 14.3. The maximum absolute atomic E-state index is 10.7. The number of para-hydroxylation sites is 1. The van der Waals surface area contributed by atoms with Crippen molar-refractivity contribution in [2.75, 3.05) is 19.6 Å². The van der Waals surface area contributed by atoms with Crippen LogP contribution in [0.5, 0.6) is 0 Å². The van der Waals surface area contributed by atoms with Crippen LogP contribution in [0.15, 0.2) is 52.1 Å². The molecule has 0 saturated heterocycles. The van der Waals surface area contributed by atoms with E-state index in [1.165, 1.54) is 0 Å². The molecule has 0 aliphatic rings. The lowest BCUT2D eigenvalue weighted by Crippen LogP contribution is -2.39. The average Bonchev–Trinajstić information content (AvgIpc) is 3.26. The molecule has 7 heteroatoms. The van der Waals surface area contributed by atoms with Crippen molar-refractivity contribution in [1.29, 1.82) is 0 Å². The Balaban J connectivity index is 1.58. The van der Waals surface area contributed by atoms with E-state index in [4.69, 9.17) is 4.42 Å². The third-order valence-corrected chi connectivity index (χ3v) is 4.36. The standard InChI is InChI=1S/C20H27N5O2/c1-4-21-19(23-14-20(2,26)16-12-24-25(3)13-16)22-10-9-17-11-15-7-5-6-8-18(15)27-17/h5-8,11-13,26H,4,9-10,14H2,1-3H3,(H2,21,22,23). The minimum Gasteiger partial charge on any atom is -0.461 e. The summed E-state index contributed by atoms with van der Waals surface area (Å²) in [6, 6.07) is 10.1. The summed E-state index contributed by atoms with van der Waals surface area (Å²) in [6.45, 7) is 5.41. The molecular weight excluding hydrogens is 342 g/mol. The largest absolute Gasteiger partial charge is 0.461 e. The molecule has 0 bridgehead atoms. The van der Waals surface area contributed by atoms with Crippen molar-refractivity contribution in [3.63, 3.8) is 0 Å². The summed E-state index contributed by atoms with van der Waals surface area (Å²) in [5.41, 5.74) is 0.572. The Kier molecular flexibility index (Phi) is 5.81. The van der Waals surface area contributed by atoms with E-state index < -0.39 is 5.60 Å². The Morgan fingerprint density at radius 2 is 2.15 bits per heavy atom. The van der Waals surface area contributed by atoms with Crippen LogP contribution in [0.3, 0.4) is 0 Å². The Labute approximate surface area is 159 Å². The van der Waals surface area contributed by atoms with Gasteiger partial charge in [-0.2, -0.15) is 5.10 Å².